The minimum Gasteiger partial charge on any atom is -0.219 e. The van der Waals surface area contributed by atoms with E-state index in [1.807, 2.05) is 26.8 Å². The predicted octanol–water partition coefficient (Wildman–Crippen LogP) is 2.08. The highest BCUT2D eigenvalue weighted by atomic mass is 15.0. The molecule has 0 unspecified atom stereocenters. The molecule has 0 spiro atoms. The summed E-state index contributed by atoms with van der Waals surface area (Å²) in [6.07, 6.45) is 3.68. The molecule has 1 aromatic heterocycles. The molecule has 0 N–H and O–H groups in total. The fourth-order valence-corrected chi connectivity index (χ4v) is 1.08. The van der Waals surface area contributed by atoms with Crippen molar-refractivity contribution in [2.75, 3.05) is 0 Å². The molecular formula is C10H13N3. The highest BCUT2D eigenvalue weighted by molar-refractivity contribution is 5.68. The SMILES string of the molecule is C=C/C(=C\C)c1nc(C)nc(C)n1. The van der Waals surface area contributed by atoms with Crippen LogP contribution >= 0.6 is 0 Å². The third kappa shape index (κ3) is 2.21. The van der Waals surface area contributed by atoms with Gasteiger partial charge in [-0.3, -0.25) is 0 Å². The van der Waals surface area contributed by atoms with Crippen LogP contribution in [0.15, 0.2) is 18.7 Å². The fourth-order valence-electron chi connectivity index (χ4n) is 1.08. The van der Waals surface area contributed by atoms with Gasteiger partial charge in [0.05, 0.1) is 0 Å². The number of hydrogen-bond acceptors (Lipinski definition) is 3. The number of nitrogens with zero attached hydrogens (tertiary/aromatic N) is 3. The summed E-state index contributed by atoms with van der Waals surface area (Å²) in [7, 11) is 0. The Kier molecular flexibility index (Phi) is 2.90. The van der Waals surface area contributed by atoms with E-state index in [-0.39, 0.29) is 0 Å². The monoisotopic (exact) mass is 175 g/mol. The van der Waals surface area contributed by atoms with Gasteiger partial charge >= 0.3 is 0 Å². The van der Waals surface area contributed by atoms with E-state index in [1.54, 1.807) is 6.08 Å². The summed E-state index contributed by atoms with van der Waals surface area (Å²) in [5, 5.41) is 0. The van der Waals surface area contributed by atoms with Gasteiger partial charge in [-0.1, -0.05) is 18.7 Å². The molecule has 0 radical (unpaired) electrons. The molecule has 0 saturated heterocycles. The Morgan fingerprint density at radius 3 is 2.08 bits per heavy atom. The second-order valence-corrected chi connectivity index (χ2v) is 2.70. The molecule has 13 heavy (non-hydrogen) atoms. The maximum Gasteiger partial charge on any atom is 0.162 e. The molecule has 0 aromatic carbocycles. The van der Waals surface area contributed by atoms with Crippen LogP contribution in [0.25, 0.3) is 5.57 Å². The highest BCUT2D eigenvalue weighted by Gasteiger charge is 2.02. The number of hydrogen-bond donors (Lipinski definition) is 0. The first-order chi connectivity index (χ1) is 6.17. The molecule has 0 aliphatic heterocycles. The standard InChI is InChI=1S/C10H13N3/c1-5-9(6-2)10-12-7(3)11-8(4)13-10/h5-6H,1H2,2-4H3/b9-6+. The number of aryl methyl sites for hydroxylation is 2. The first-order valence-corrected chi connectivity index (χ1v) is 4.15. The zero-order valence-electron chi connectivity index (χ0n) is 8.20. The Morgan fingerprint density at radius 2 is 1.69 bits per heavy atom. The molecule has 3 heteroatoms. The first kappa shape index (κ1) is 9.58. The van der Waals surface area contributed by atoms with Crippen molar-refractivity contribution in [1.82, 2.24) is 15.0 Å². The van der Waals surface area contributed by atoms with Crippen molar-refractivity contribution in [1.29, 1.82) is 0 Å². The van der Waals surface area contributed by atoms with Gasteiger partial charge < -0.3 is 0 Å². The zero-order chi connectivity index (χ0) is 9.84. The van der Waals surface area contributed by atoms with Crippen LogP contribution < -0.4 is 0 Å². The van der Waals surface area contributed by atoms with E-state index in [1.165, 1.54) is 0 Å². The van der Waals surface area contributed by atoms with E-state index in [2.05, 4.69) is 21.5 Å². The average Bonchev–Trinajstić information content (AvgIpc) is 2.04. The highest BCUT2D eigenvalue weighted by Crippen LogP contribution is 2.09. The number of allylic oxidation sites excluding steroid dienone is 3. The summed E-state index contributed by atoms with van der Waals surface area (Å²) in [5.41, 5.74) is 0.939. The van der Waals surface area contributed by atoms with Crippen LogP contribution in [0.2, 0.25) is 0 Å². The van der Waals surface area contributed by atoms with Gasteiger partial charge in [0, 0.05) is 5.57 Å². The molecule has 1 aromatic rings. The lowest BCUT2D eigenvalue weighted by Crippen LogP contribution is -2.00. The molecule has 1 rings (SSSR count). The van der Waals surface area contributed by atoms with Crippen LogP contribution in [0.4, 0.5) is 0 Å². The van der Waals surface area contributed by atoms with Crippen LogP contribution in [-0.2, 0) is 0 Å². The van der Waals surface area contributed by atoms with Crippen molar-refractivity contribution in [3.63, 3.8) is 0 Å². The zero-order valence-corrected chi connectivity index (χ0v) is 8.20. The molecular weight excluding hydrogens is 162 g/mol. The third-order valence-corrected chi connectivity index (χ3v) is 1.65. The van der Waals surface area contributed by atoms with Gasteiger partial charge in [0.25, 0.3) is 0 Å². The third-order valence-electron chi connectivity index (χ3n) is 1.65. The Bertz CT molecular complexity index is 333. The summed E-state index contributed by atoms with van der Waals surface area (Å²) < 4.78 is 0. The van der Waals surface area contributed by atoms with Crippen LogP contribution in [0.3, 0.4) is 0 Å². The van der Waals surface area contributed by atoms with Gasteiger partial charge in [0.2, 0.25) is 0 Å². The molecule has 0 bridgehead atoms. The molecule has 0 atom stereocenters. The van der Waals surface area contributed by atoms with Crippen molar-refractivity contribution >= 4 is 5.57 Å². The van der Waals surface area contributed by atoms with Crippen molar-refractivity contribution in [2.24, 2.45) is 0 Å². The molecule has 0 fully saturated rings. The van der Waals surface area contributed by atoms with Gasteiger partial charge in [-0.2, -0.15) is 0 Å². The minimum atomic E-state index is 0.697. The summed E-state index contributed by atoms with van der Waals surface area (Å²) in [4.78, 5) is 12.5. The van der Waals surface area contributed by atoms with Crippen LogP contribution in [0.5, 0.6) is 0 Å². The van der Waals surface area contributed by atoms with Crippen molar-refractivity contribution in [3.05, 3.63) is 36.2 Å². The quantitative estimate of drug-likeness (QED) is 0.646. The van der Waals surface area contributed by atoms with Crippen LogP contribution in [0.1, 0.15) is 24.4 Å². The molecule has 1 heterocycles. The maximum absolute atomic E-state index is 4.21. The predicted molar refractivity (Wildman–Crippen MR) is 53.1 cm³/mol. The van der Waals surface area contributed by atoms with Crippen molar-refractivity contribution < 1.29 is 0 Å². The molecule has 3 nitrogen and oxygen atoms in total. The Labute approximate surface area is 78.3 Å². The van der Waals surface area contributed by atoms with Gasteiger partial charge in [-0.25, -0.2) is 15.0 Å². The maximum atomic E-state index is 4.21. The second-order valence-electron chi connectivity index (χ2n) is 2.70. The van der Waals surface area contributed by atoms with Crippen LogP contribution in [-0.4, -0.2) is 15.0 Å². The molecule has 0 amide bonds. The van der Waals surface area contributed by atoms with E-state index >= 15 is 0 Å². The van der Waals surface area contributed by atoms with Crippen molar-refractivity contribution in [3.8, 4) is 0 Å². The normalized spacial score (nSPS) is 11.5. The van der Waals surface area contributed by atoms with E-state index in [4.69, 9.17) is 0 Å². The Hall–Kier alpha value is -1.51. The summed E-state index contributed by atoms with van der Waals surface area (Å²) in [6, 6.07) is 0. The summed E-state index contributed by atoms with van der Waals surface area (Å²) in [5.74, 6) is 2.18. The lowest BCUT2D eigenvalue weighted by Gasteiger charge is -2.01. The summed E-state index contributed by atoms with van der Waals surface area (Å²) >= 11 is 0. The fraction of sp³-hybridized carbons (Fsp3) is 0.300. The van der Waals surface area contributed by atoms with E-state index in [0.29, 0.717) is 5.82 Å². The van der Waals surface area contributed by atoms with E-state index < -0.39 is 0 Å². The lowest BCUT2D eigenvalue weighted by atomic mass is 10.2. The van der Waals surface area contributed by atoms with Gasteiger partial charge in [-0.15, -0.1) is 0 Å². The second kappa shape index (κ2) is 3.94. The largest absolute Gasteiger partial charge is 0.219 e. The van der Waals surface area contributed by atoms with Gasteiger partial charge in [0.15, 0.2) is 5.82 Å². The van der Waals surface area contributed by atoms with Crippen LogP contribution in [0, 0.1) is 13.8 Å². The van der Waals surface area contributed by atoms with E-state index in [9.17, 15) is 0 Å². The topological polar surface area (TPSA) is 38.7 Å². The Balaban J connectivity index is 3.21. The number of rotatable bonds is 2. The van der Waals surface area contributed by atoms with Gasteiger partial charge in [0.1, 0.15) is 11.6 Å². The first-order valence-electron chi connectivity index (χ1n) is 4.15. The smallest absolute Gasteiger partial charge is 0.162 e. The summed E-state index contributed by atoms with van der Waals surface area (Å²) in [6.45, 7) is 9.35. The van der Waals surface area contributed by atoms with E-state index in [0.717, 1.165) is 17.2 Å². The average molecular weight is 175 g/mol. The Morgan fingerprint density at radius 1 is 1.15 bits per heavy atom. The lowest BCUT2D eigenvalue weighted by molar-refractivity contribution is 0.903. The van der Waals surface area contributed by atoms with Gasteiger partial charge in [-0.05, 0) is 20.8 Å². The molecule has 68 valence electrons. The minimum absolute atomic E-state index is 0.697. The molecule has 0 aliphatic carbocycles. The number of aromatic nitrogens is 3. The molecule has 0 aliphatic rings. The molecule has 0 saturated carbocycles. The van der Waals surface area contributed by atoms with Crippen molar-refractivity contribution in [2.45, 2.75) is 20.8 Å².